The first-order chi connectivity index (χ1) is 10.7. The van der Waals surface area contributed by atoms with Gasteiger partial charge in [0.05, 0.1) is 0 Å². The maximum Gasteiger partial charge on any atom is 0.327 e. The van der Waals surface area contributed by atoms with E-state index in [1.165, 1.54) is 17.0 Å². The fourth-order valence-electron chi connectivity index (χ4n) is 4.30. The van der Waals surface area contributed by atoms with Gasteiger partial charge in [-0.05, 0) is 43.4 Å². The van der Waals surface area contributed by atoms with Crippen molar-refractivity contribution in [2.75, 3.05) is 6.54 Å². The number of rotatable bonds is 2. The van der Waals surface area contributed by atoms with Gasteiger partial charge in [-0.3, -0.25) is 9.69 Å². The molecule has 0 bridgehead atoms. The summed E-state index contributed by atoms with van der Waals surface area (Å²) in [6.07, 6.45) is 4.49. The molecular weight excluding hydrogens is 283 g/mol. The highest BCUT2D eigenvalue weighted by atomic mass is 19.1. The Morgan fingerprint density at radius 3 is 2.50 bits per heavy atom. The summed E-state index contributed by atoms with van der Waals surface area (Å²) in [7, 11) is 0. The molecule has 0 unspecified atom stereocenters. The average Bonchev–Trinajstić information content (AvgIpc) is 3.20. The molecule has 0 radical (unpaired) electrons. The van der Waals surface area contributed by atoms with Crippen LogP contribution in [0.4, 0.5) is 9.18 Å². The topological polar surface area (TPSA) is 40.6 Å². The van der Waals surface area contributed by atoms with Crippen LogP contribution in [0.1, 0.15) is 43.6 Å². The molecule has 0 spiro atoms. The van der Waals surface area contributed by atoms with Crippen molar-refractivity contribution >= 4 is 11.9 Å². The molecule has 2 aliphatic heterocycles. The van der Waals surface area contributed by atoms with Crippen molar-refractivity contribution in [2.24, 2.45) is 0 Å². The Labute approximate surface area is 128 Å². The maximum absolute atomic E-state index is 13.1. The third-order valence-electron chi connectivity index (χ3n) is 5.34. The molecule has 1 aliphatic carbocycles. The number of hydrogen-bond donors (Lipinski definition) is 0. The lowest BCUT2D eigenvalue weighted by molar-refractivity contribution is -0.129. The molecule has 2 saturated heterocycles. The van der Waals surface area contributed by atoms with Crippen molar-refractivity contribution in [1.82, 2.24) is 9.80 Å². The van der Waals surface area contributed by atoms with E-state index in [9.17, 15) is 14.0 Å². The molecule has 1 aromatic rings. The second kappa shape index (κ2) is 5.07. The highest BCUT2D eigenvalue weighted by Gasteiger charge is 2.52. The molecule has 22 heavy (non-hydrogen) atoms. The Bertz CT molecular complexity index is 594. The van der Waals surface area contributed by atoms with E-state index >= 15 is 0 Å². The SMILES string of the molecule is O=C1[C@@H]2CCCN2C(=O)N1[C@@H]1CCC[C@@H]1c1ccc(F)cc1. The number of halogens is 1. The Kier molecular flexibility index (Phi) is 3.17. The van der Waals surface area contributed by atoms with Crippen LogP contribution in [-0.2, 0) is 4.79 Å². The van der Waals surface area contributed by atoms with Crippen molar-refractivity contribution in [3.63, 3.8) is 0 Å². The standard InChI is InChI=1S/C17H19FN2O2/c18-12-8-6-11(7-9-12)13-3-1-4-14(13)20-16(21)15-5-2-10-19(15)17(20)22/h6-9,13-15H,1-5,10H2/t13-,14-,15+/m1/s1. The predicted octanol–water partition coefficient (Wildman–Crippen LogP) is 2.89. The Morgan fingerprint density at radius 1 is 1.00 bits per heavy atom. The number of carbonyl (C=O) groups is 2. The molecule has 4 nitrogen and oxygen atoms in total. The van der Waals surface area contributed by atoms with Crippen LogP contribution < -0.4 is 0 Å². The lowest BCUT2D eigenvalue weighted by atomic mass is 9.93. The zero-order valence-electron chi connectivity index (χ0n) is 12.4. The number of amides is 3. The van der Waals surface area contributed by atoms with Gasteiger partial charge in [-0.2, -0.15) is 0 Å². The van der Waals surface area contributed by atoms with Crippen molar-refractivity contribution in [2.45, 2.75) is 50.1 Å². The summed E-state index contributed by atoms with van der Waals surface area (Å²) in [5.74, 6) is -0.151. The fraction of sp³-hybridized carbons (Fsp3) is 0.529. The molecule has 0 aromatic heterocycles. The van der Waals surface area contributed by atoms with Gasteiger partial charge >= 0.3 is 6.03 Å². The van der Waals surface area contributed by atoms with Gasteiger partial charge in [-0.15, -0.1) is 0 Å². The number of benzene rings is 1. The van der Waals surface area contributed by atoms with Crippen molar-refractivity contribution in [1.29, 1.82) is 0 Å². The zero-order chi connectivity index (χ0) is 15.3. The number of carbonyl (C=O) groups excluding carboxylic acids is 2. The van der Waals surface area contributed by atoms with Crippen LogP contribution in [0.15, 0.2) is 24.3 Å². The van der Waals surface area contributed by atoms with E-state index in [0.29, 0.717) is 6.54 Å². The third-order valence-corrected chi connectivity index (χ3v) is 5.34. The highest BCUT2D eigenvalue weighted by Crippen LogP contribution is 2.41. The van der Waals surface area contributed by atoms with Gasteiger partial charge in [-0.1, -0.05) is 18.6 Å². The lowest BCUT2D eigenvalue weighted by Crippen LogP contribution is -2.43. The van der Waals surface area contributed by atoms with Gasteiger partial charge in [0.2, 0.25) is 0 Å². The summed E-state index contributed by atoms with van der Waals surface area (Å²) in [6, 6.07) is 6.05. The minimum Gasteiger partial charge on any atom is -0.312 e. The highest BCUT2D eigenvalue weighted by molar-refractivity contribution is 6.05. The minimum atomic E-state index is -0.257. The average molecular weight is 302 g/mol. The van der Waals surface area contributed by atoms with E-state index in [2.05, 4.69) is 0 Å². The Hall–Kier alpha value is -1.91. The largest absolute Gasteiger partial charge is 0.327 e. The van der Waals surface area contributed by atoms with Gasteiger partial charge in [0.15, 0.2) is 0 Å². The molecule has 3 amide bonds. The molecule has 3 atom stereocenters. The first kappa shape index (κ1) is 13.7. The first-order valence-corrected chi connectivity index (χ1v) is 8.06. The minimum absolute atomic E-state index is 0.0264. The van der Waals surface area contributed by atoms with Gasteiger partial charge in [0, 0.05) is 18.5 Å². The number of imide groups is 1. The second-order valence-corrected chi connectivity index (χ2v) is 6.50. The van der Waals surface area contributed by atoms with Crippen LogP contribution in [0.2, 0.25) is 0 Å². The quantitative estimate of drug-likeness (QED) is 0.788. The molecule has 2 heterocycles. The van der Waals surface area contributed by atoms with Crippen LogP contribution in [0, 0.1) is 5.82 Å². The molecule has 4 rings (SSSR count). The summed E-state index contributed by atoms with van der Waals surface area (Å²) in [6.45, 7) is 0.694. The van der Waals surface area contributed by atoms with Crippen LogP contribution in [0.25, 0.3) is 0 Å². The van der Waals surface area contributed by atoms with Gasteiger partial charge in [0.1, 0.15) is 11.9 Å². The fourth-order valence-corrected chi connectivity index (χ4v) is 4.30. The number of urea groups is 1. The maximum atomic E-state index is 13.1. The third kappa shape index (κ3) is 1.95. The molecule has 3 fully saturated rings. The molecule has 3 aliphatic rings. The summed E-state index contributed by atoms with van der Waals surface area (Å²) < 4.78 is 13.1. The molecule has 1 aromatic carbocycles. The molecule has 5 heteroatoms. The summed E-state index contributed by atoms with van der Waals surface area (Å²) in [5.41, 5.74) is 1.02. The zero-order valence-corrected chi connectivity index (χ0v) is 12.4. The van der Waals surface area contributed by atoms with Crippen LogP contribution in [0.3, 0.4) is 0 Å². The van der Waals surface area contributed by atoms with Crippen LogP contribution in [-0.4, -0.2) is 40.4 Å². The number of fused-ring (bicyclic) bond motifs is 1. The number of nitrogens with zero attached hydrogens (tertiary/aromatic N) is 2. The van der Waals surface area contributed by atoms with E-state index < -0.39 is 0 Å². The molecule has 116 valence electrons. The van der Waals surface area contributed by atoms with Crippen LogP contribution >= 0.6 is 0 Å². The van der Waals surface area contributed by atoms with Crippen LogP contribution in [0.5, 0.6) is 0 Å². The predicted molar refractivity (Wildman–Crippen MR) is 78.8 cm³/mol. The molecule has 1 saturated carbocycles. The summed E-state index contributed by atoms with van der Waals surface area (Å²) in [5, 5.41) is 0. The summed E-state index contributed by atoms with van der Waals surface area (Å²) >= 11 is 0. The smallest absolute Gasteiger partial charge is 0.312 e. The van der Waals surface area contributed by atoms with Gasteiger partial charge < -0.3 is 4.90 Å². The molecular formula is C17H19FN2O2. The first-order valence-electron chi connectivity index (χ1n) is 8.06. The van der Waals surface area contributed by atoms with E-state index in [4.69, 9.17) is 0 Å². The van der Waals surface area contributed by atoms with E-state index in [-0.39, 0.29) is 35.8 Å². The summed E-state index contributed by atoms with van der Waals surface area (Å²) in [4.78, 5) is 28.4. The normalized spacial score (nSPS) is 31.2. The number of hydrogen-bond acceptors (Lipinski definition) is 2. The van der Waals surface area contributed by atoms with E-state index in [1.54, 1.807) is 17.0 Å². The van der Waals surface area contributed by atoms with E-state index in [1.807, 2.05) is 0 Å². The van der Waals surface area contributed by atoms with Crippen molar-refractivity contribution in [3.05, 3.63) is 35.6 Å². The van der Waals surface area contributed by atoms with Gasteiger partial charge in [0.25, 0.3) is 5.91 Å². The van der Waals surface area contributed by atoms with Crippen molar-refractivity contribution < 1.29 is 14.0 Å². The lowest BCUT2D eigenvalue weighted by Gasteiger charge is -2.28. The Morgan fingerprint density at radius 2 is 1.77 bits per heavy atom. The van der Waals surface area contributed by atoms with Gasteiger partial charge in [-0.25, -0.2) is 9.18 Å². The van der Waals surface area contributed by atoms with E-state index in [0.717, 1.165) is 37.7 Å². The monoisotopic (exact) mass is 302 g/mol. The Balaban J connectivity index is 1.62. The second-order valence-electron chi connectivity index (χ2n) is 6.50. The van der Waals surface area contributed by atoms with Crippen molar-refractivity contribution in [3.8, 4) is 0 Å². The molecule has 0 N–H and O–H groups in total.